The van der Waals surface area contributed by atoms with Crippen LogP contribution in [0.4, 0.5) is 13.2 Å². The molecule has 0 bridgehead atoms. The van der Waals surface area contributed by atoms with Crippen LogP contribution in [0.25, 0.3) is 0 Å². The number of nitrogens with two attached hydrogens (primary N) is 1. The van der Waals surface area contributed by atoms with Gasteiger partial charge in [-0.1, -0.05) is 25.5 Å². The van der Waals surface area contributed by atoms with Crippen molar-refractivity contribution in [2.24, 2.45) is 10.8 Å². The molecular formula is C12H14F3N3S. The van der Waals surface area contributed by atoms with Crippen molar-refractivity contribution in [3.05, 3.63) is 35.4 Å². The average molecular weight is 289 g/mol. The van der Waals surface area contributed by atoms with Crippen LogP contribution in [-0.4, -0.2) is 10.8 Å². The van der Waals surface area contributed by atoms with Crippen molar-refractivity contribution in [2.45, 2.75) is 25.9 Å². The molecule has 3 N–H and O–H groups in total. The number of nitrogens with one attached hydrogen (secondary N) is 1. The Bertz CT molecular complexity index is 483. The largest absolute Gasteiger partial charge is 0.416 e. The van der Waals surface area contributed by atoms with Gasteiger partial charge in [-0.3, -0.25) is 5.43 Å². The molecule has 1 aromatic carbocycles. The molecule has 0 saturated heterocycles. The molecule has 104 valence electrons. The molecule has 0 aromatic heterocycles. The number of nitrogens with zero attached hydrogens (tertiary/aromatic N) is 1. The standard InChI is InChI=1S/C12H14F3N3S/c1-2-4-10(17-18-11(16)19)8-5-3-6-9(7-8)12(13,14)15/h3,5-7H,2,4H2,1H3,(H3,16,18,19)/b17-10-. The minimum Gasteiger partial charge on any atom is -0.375 e. The molecule has 0 saturated carbocycles. The maximum absolute atomic E-state index is 12.6. The highest BCUT2D eigenvalue weighted by Crippen LogP contribution is 2.29. The Kier molecular flexibility index (Phi) is 5.29. The van der Waals surface area contributed by atoms with E-state index in [1.165, 1.54) is 6.07 Å². The van der Waals surface area contributed by atoms with Crippen LogP contribution < -0.4 is 11.2 Å². The molecule has 7 heteroatoms. The van der Waals surface area contributed by atoms with E-state index in [-0.39, 0.29) is 5.11 Å². The highest BCUT2D eigenvalue weighted by Gasteiger charge is 2.30. The molecule has 0 fully saturated rings. The van der Waals surface area contributed by atoms with Crippen LogP contribution in [0.15, 0.2) is 29.4 Å². The first-order valence-corrected chi connectivity index (χ1v) is 6.05. The minimum absolute atomic E-state index is 0.0272. The smallest absolute Gasteiger partial charge is 0.375 e. The van der Waals surface area contributed by atoms with Gasteiger partial charge in [0.15, 0.2) is 5.11 Å². The van der Waals surface area contributed by atoms with Crippen molar-refractivity contribution in [2.75, 3.05) is 0 Å². The van der Waals surface area contributed by atoms with E-state index >= 15 is 0 Å². The molecule has 19 heavy (non-hydrogen) atoms. The number of rotatable bonds is 4. The Labute approximate surface area is 114 Å². The first-order valence-electron chi connectivity index (χ1n) is 5.64. The number of alkyl halides is 3. The van der Waals surface area contributed by atoms with Crippen LogP contribution in [0.5, 0.6) is 0 Å². The summed E-state index contributed by atoms with van der Waals surface area (Å²) in [6.45, 7) is 1.91. The topological polar surface area (TPSA) is 50.4 Å². The third-order valence-electron chi connectivity index (χ3n) is 2.31. The molecule has 0 unspecified atom stereocenters. The summed E-state index contributed by atoms with van der Waals surface area (Å²) in [6.07, 6.45) is -3.10. The maximum Gasteiger partial charge on any atom is 0.416 e. The molecular weight excluding hydrogens is 275 g/mol. The molecule has 0 atom stereocenters. The third kappa shape index (κ3) is 4.86. The Balaban J connectivity index is 3.09. The van der Waals surface area contributed by atoms with Crippen molar-refractivity contribution in [1.29, 1.82) is 0 Å². The van der Waals surface area contributed by atoms with E-state index in [0.717, 1.165) is 18.6 Å². The van der Waals surface area contributed by atoms with Crippen LogP contribution in [-0.2, 0) is 6.18 Å². The van der Waals surface area contributed by atoms with Gasteiger partial charge in [0.2, 0.25) is 0 Å². The van der Waals surface area contributed by atoms with Crippen LogP contribution in [0.2, 0.25) is 0 Å². The van der Waals surface area contributed by atoms with E-state index in [2.05, 4.69) is 22.7 Å². The molecule has 1 rings (SSSR count). The van der Waals surface area contributed by atoms with Gasteiger partial charge < -0.3 is 5.73 Å². The Morgan fingerprint density at radius 3 is 2.63 bits per heavy atom. The molecule has 0 radical (unpaired) electrons. The predicted octanol–water partition coefficient (Wildman–Crippen LogP) is 3.04. The highest BCUT2D eigenvalue weighted by molar-refractivity contribution is 7.80. The number of hydrazone groups is 1. The number of hydrogen-bond acceptors (Lipinski definition) is 2. The second-order valence-electron chi connectivity index (χ2n) is 3.86. The first kappa shape index (κ1) is 15.4. The normalized spacial score (nSPS) is 12.3. The van der Waals surface area contributed by atoms with E-state index in [1.54, 1.807) is 6.07 Å². The van der Waals surface area contributed by atoms with Gasteiger partial charge in [-0.05, 0) is 36.3 Å². The van der Waals surface area contributed by atoms with Crippen LogP contribution in [0.3, 0.4) is 0 Å². The lowest BCUT2D eigenvalue weighted by Gasteiger charge is -2.10. The van der Waals surface area contributed by atoms with Gasteiger partial charge in [0.25, 0.3) is 0 Å². The van der Waals surface area contributed by atoms with Gasteiger partial charge in [0.05, 0.1) is 11.3 Å². The summed E-state index contributed by atoms with van der Waals surface area (Å²) in [5.41, 5.74) is 7.84. The van der Waals surface area contributed by atoms with E-state index in [4.69, 9.17) is 5.73 Å². The van der Waals surface area contributed by atoms with E-state index in [9.17, 15) is 13.2 Å². The van der Waals surface area contributed by atoms with Crippen LogP contribution >= 0.6 is 12.2 Å². The van der Waals surface area contributed by atoms with E-state index < -0.39 is 11.7 Å². The lowest BCUT2D eigenvalue weighted by molar-refractivity contribution is -0.137. The van der Waals surface area contributed by atoms with Crippen LogP contribution in [0.1, 0.15) is 30.9 Å². The molecule has 0 aliphatic rings. The minimum atomic E-state index is -4.37. The average Bonchev–Trinajstić information content (AvgIpc) is 2.33. The highest BCUT2D eigenvalue weighted by atomic mass is 32.1. The fraction of sp³-hybridized carbons (Fsp3) is 0.333. The quantitative estimate of drug-likeness (QED) is 0.509. The summed E-state index contributed by atoms with van der Waals surface area (Å²) >= 11 is 4.61. The number of halogens is 3. The van der Waals surface area contributed by atoms with Crippen molar-refractivity contribution >= 4 is 23.0 Å². The predicted molar refractivity (Wildman–Crippen MR) is 72.8 cm³/mol. The van der Waals surface area contributed by atoms with Gasteiger partial charge in [-0.25, -0.2) is 0 Å². The SMILES string of the molecule is CCC/C(=N/NC(N)=S)c1cccc(C(F)(F)F)c1. The molecule has 0 amide bonds. The number of hydrogen-bond donors (Lipinski definition) is 2. The van der Waals surface area contributed by atoms with Crippen LogP contribution in [0, 0.1) is 0 Å². The molecule has 0 aliphatic heterocycles. The lowest BCUT2D eigenvalue weighted by atomic mass is 10.0. The van der Waals surface area contributed by atoms with Gasteiger partial charge in [0, 0.05) is 0 Å². The summed E-state index contributed by atoms with van der Waals surface area (Å²) in [4.78, 5) is 0. The number of thiocarbonyl (C=S) groups is 1. The second kappa shape index (κ2) is 6.51. The van der Waals surface area contributed by atoms with Crippen molar-refractivity contribution in [3.8, 4) is 0 Å². The Hall–Kier alpha value is -1.63. The maximum atomic E-state index is 12.6. The van der Waals surface area contributed by atoms with Gasteiger partial charge in [0.1, 0.15) is 0 Å². The molecule has 3 nitrogen and oxygen atoms in total. The van der Waals surface area contributed by atoms with Crippen molar-refractivity contribution in [3.63, 3.8) is 0 Å². The molecule has 0 aliphatic carbocycles. The monoisotopic (exact) mass is 289 g/mol. The Morgan fingerprint density at radius 1 is 1.42 bits per heavy atom. The second-order valence-corrected chi connectivity index (χ2v) is 4.30. The molecule has 0 heterocycles. The summed E-state index contributed by atoms with van der Waals surface area (Å²) in [6, 6.07) is 5.01. The fourth-order valence-corrected chi connectivity index (χ4v) is 1.54. The van der Waals surface area contributed by atoms with Gasteiger partial charge in [-0.15, -0.1) is 0 Å². The molecule has 1 aromatic rings. The fourth-order valence-electron chi connectivity index (χ4n) is 1.50. The lowest BCUT2D eigenvalue weighted by Crippen LogP contribution is -2.25. The van der Waals surface area contributed by atoms with Gasteiger partial charge in [-0.2, -0.15) is 18.3 Å². The third-order valence-corrected chi connectivity index (χ3v) is 2.40. The van der Waals surface area contributed by atoms with Crippen molar-refractivity contribution in [1.82, 2.24) is 5.43 Å². The van der Waals surface area contributed by atoms with Crippen molar-refractivity contribution < 1.29 is 13.2 Å². The Morgan fingerprint density at radius 2 is 2.11 bits per heavy atom. The summed E-state index contributed by atoms with van der Waals surface area (Å²) in [5, 5.41) is 3.91. The summed E-state index contributed by atoms with van der Waals surface area (Å²) < 4.78 is 37.9. The summed E-state index contributed by atoms with van der Waals surface area (Å²) in [5.74, 6) is 0. The van der Waals surface area contributed by atoms with Gasteiger partial charge >= 0.3 is 6.18 Å². The van der Waals surface area contributed by atoms with E-state index in [1.807, 2.05) is 6.92 Å². The summed E-state index contributed by atoms with van der Waals surface area (Å²) in [7, 11) is 0. The first-order chi connectivity index (χ1) is 8.84. The van der Waals surface area contributed by atoms with E-state index in [0.29, 0.717) is 17.7 Å². The zero-order chi connectivity index (χ0) is 14.5. The zero-order valence-electron chi connectivity index (χ0n) is 10.3. The zero-order valence-corrected chi connectivity index (χ0v) is 11.1. The number of benzene rings is 1. The molecule has 0 spiro atoms.